The lowest BCUT2D eigenvalue weighted by Gasteiger charge is -2.26. The number of hydrogen-bond donors (Lipinski definition) is 1. The standard InChI is InChI=1S/C18H18N4/c1-12-9-16-17(19-10-12)18(21-11-20-16)22-15-8-4-6-13-5-2-3-7-14(13)15/h2-3,5,7,9-11,15H,4,6,8H2,1H3,(H,20,21,22)/t15-/m0/s1. The number of hydrogen-bond acceptors (Lipinski definition) is 4. The van der Waals surface area contributed by atoms with Gasteiger partial charge in [0.25, 0.3) is 0 Å². The van der Waals surface area contributed by atoms with Crippen molar-refractivity contribution in [1.29, 1.82) is 0 Å². The monoisotopic (exact) mass is 290 g/mol. The van der Waals surface area contributed by atoms with Crippen molar-refractivity contribution in [2.75, 3.05) is 5.32 Å². The van der Waals surface area contributed by atoms with E-state index < -0.39 is 0 Å². The third-order valence-corrected chi connectivity index (χ3v) is 4.29. The van der Waals surface area contributed by atoms with E-state index in [4.69, 9.17) is 0 Å². The summed E-state index contributed by atoms with van der Waals surface area (Å²) in [7, 11) is 0. The molecule has 0 fully saturated rings. The number of aryl methyl sites for hydroxylation is 2. The van der Waals surface area contributed by atoms with Gasteiger partial charge in [0.15, 0.2) is 5.82 Å². The molecule has 0 saturated heterocycles. The SMILES string of the molecule is Cc1cnc2c(N[C@H]3CCCc4ccccc43)ncnc2c1. The molecule has 0 aliphatic heterocycles. The number of nitrogens with one attached hydrogen (secondary N) is 1. The fraction of sp³-hybridized carbons (Fsp3) is 0.278. The Balaban J connectivity index is 1.73. The summed E-state index contributed by atoms with van der Waals surface area (Å²) < 4.78 is 0. The maximum absolute atomic E-state index is 4.51. The largest absolute Gasteiger partial charge is 0.361 e. The van der Waals surface area contributed by atoms with Gasteiger partial charge in [-0.1, -0.05) is 24.3 Å². The zero-order valence-corrected chi connectivity index (χ0v) is 12.6. The molecule has 1 aromatic carbocycles. The van der Waals surface area contributed by atoms with Crippen LogP contribution in [0.25, 0.3) is 11.0 Å². The van der Waals surface area contributed by atoms with E-state index in [-0.39, 0.29) is 0 Å². The molecule has 1 aliphatic carbocycles. The van der Waals surface area contributed by atoms with Gasteiger partial charge in [0.2, 0.25) is 0 Å². The van der Waals surface area contributed by atoms with E-state index in [1.165, 1.54) is 17.5 Å². The van der Waals surface area contributed by atoms with Gasteiger partial charge >= 0.3 is 0 Å². The van der Waals surface area contributed by atoms with E-state index in [2.05, 4.69) is 44.5 Å². The normalized spacial score (nSPS) is 17.2. The first-order valence-corrected chi connectivity index (χ1v) is 7.73. The summed E-state index contributed by atoms with van der Waals surface area (Å²) in [6.45, 7) is 2.03. The summed E-state index contributed by atoms with van der Waals surface area (Å²) in [5.74, 6) is 0.826. The van der Waals surface area contributed by atoms with Crippen LogP contribution in [0.3, 0.4) is 0 Å². The molecule has 0 bridgehead atoms. The smallest absolute Gasteiger partial charge is 0.156 e. The highest BCUT2D eigenvalue weighted by molar-refractivity contribution is 5.85. The fourth-order valence-corrected chi connectivity index (χ4v) is 3.22. The van der Waals surface area contributed by atoms with Gasteiger partial charge in [0, 0.05) is 6.20 Å². The third-order valence-electron chi connectivity index (χ3n) is 4.29. The predicted octanol–water partition coefficient (Wildman–Crippen LogP) is 3.82. The molecule has 3 aromatic rings. The van der Waals surface area contributed by atoms with Crippen LogP contribution < -0.4 is 5.32 Å². The van der Waals surface area contributed by atoms with Crippen LogP contribution in [0.2, 0.25) is 0 Å². The maximum Gasteiger partial charge on any atom is 0.156 e. The van der Waals surface area contributed by atoms with E-state index in [0.29, 0.717) is 6.04 Å². The second-order valence-corrected chi connectivity index (χ2v) is 5.89. The Kier molecular flexibility index (Phi) is 3.22. The fourth-order valence-electron chi connectivity index (χ4n) is 3.22. The van der Waals surface area contributed by atoms with Crippen molar-refractivity contribution in [2.45, 2.75) is 32.2 Å². The summed E-state index contributed by atoms with van der Waals surface area (Å²) in [6, 6.07) is 11.0. The van der Waals surface area contributed by atoms with Gasteiger partial charge in [-0.2, -0.15) is 0 Å². The van der Waals surface area contributed by atoms with E-state index in [9.17, 15) is 0 Å². The van der Waals surface area contributed by atoms with Crippen molar-refractivity contribution in [3.8, 4) is 0 Å². The van der Waals surface area contributed by atoms with Crippen LogP contribution in [0.1, 0.15) is 35.6 Å². The first kappa shape index (κ1) is 13.2. The first-order chi connectivity index (χ1) is 10.8. The summed E-state index contributed by atoms with van der Waals surface area (Å²) >= 11 is 0. The number of fused-ring (bicyclic) bond motifs is 2. The minimum atomic E-state index is 0.297. The van der Waals surface area contributed by atoms with Crippen molar-refractivity contribution in [1.82, 2.24) is 15.0 Å². The molecule has 0 radical (unpaired) electrons. The second kappa shape index (κ2) is 5.37. The Morgan fingerprint density at radius 2 is 2.05 bits per heavy atom. The van der Waals surface area contributed by atoms with Crippen molar-refractivity contribution >= 4 is 16.9 Å². The highest BCUT2D eigenvalue weighted by atomic mass is 15.1. The van der Waals surface area contributed by atoms with Crippen LogP contribution in [0.15, 0.2) is 42.9 Å². The molecule has 0 spiro atoms. The number of aromatic nitrogens is 3. The second-order valence-electron chi connectivity index (χ2n) is 5.89. The molecule has 0 amide bonds. The van der Waals surface area contributed by atoms with Crippen molar-refractivity contribution < 1.29 is 0 Å². The lowest BCUT2D eigenvalue weighted by molar-refractivity contribution is 0.599. The van der Waals surface area contributed by atoms with Crippen LogP contribution in [0, 0.1) is 6.92 Å². The maximum atomic E-state index is 4.51. The average Bonchev–Trinajstić information content (AvgIpc) is 2.55. The van der Waals surface area contributed by atoms with Crippen molar-refractivity contribution in [2.24, 2.45) is 0 Å². The van der Waals surface area contributed by atoms with Gasteiger partial charge in [-0.05, 0) is 48.9 Å². The van der Waals surface area contributed by atoms with E-state index in [0.717, 1.165) is 35.3 Å². The molecule has 1 atom stereocenters. The molecule has 4 nitrogen and oxygen atoms in total. The van der Waals surface area contributed by atoms with Crippen LogP contribution in [0.5, 0.6) is 0 Å². The Morgan fingerprint density at radius 1 is 1.14 bits per heavy atom. The Hall–Kier alpha value is -2.49. The van der Waals surface area contributed by atoms with Crippen molar-refractivity contribution in [3.05, 3.63) is 59.5 Å². The molecule has 0 unspecified atom stereocenters. The molecule has 4 rings (SSSR count). The molecule has 0 saturated carbocycles. The zero-order chi connectivity index (χ0) is 14.9. The molecule has 110 valence electrons. The van der Waals surface area contributed by atoms with E-state index >= 15 is 0 Å². The highest BCUT2D eigenvalue weighted by Gasteiger charge is 2.20. The number of nitrogens with zero attached hydrogens (tertiary/aromatic N) is 3. The van der Waals surface area contributed by atoms with Crippen LogP contribution in [-0.4, -0.2) is 15.0 Å². The zero-order valence-electron chi connectivity index (χ0n) is 12.6. The quantitative estimate of drug-likeness (QED) is 0.779. The molecular formula is C18H18N4. The average molecular weight is 290 g/mol. The number of rotatable bonds is 2. The first-order valence-electron chi connectivity index (χ1n) is 7.73. The van der Waals surface area contributed by atoms with Crippen molar-refractivity contribution in [3.63, 3.8) is 0 Å². The molecule has 1 aliphatic rings. The predicted molar refractivity (Wildman–Crippen MR) is 87.8 cm³/mol. The van der Waals surface area contributed by atoms with Gasteiger partial charge in [-0.15, -0.1) is 0 Å². The van der Waals surface area contributed by atoms with Crippen LogP contribution >= 0.6 is 0 Å². The molecule has 2 aromatic heterocycles. The van der Waals surface area contributed by atoms with E-state index in [1.807, 2.05) is 19.2 Å². The lowest BCUT2D eigenvalue weighted by Crippen LogP contribution is -2.18. The summed E-state index contributed by atoms with van der Waals surface area (Å²) in [6.07, 6.45) is 6.96. The topological polar surface area (TPSA) is 50.7 Å². The highest BCUT2D eigenvalue weighted by Crippen LogP contribution is 2.33. The Morgan fingerprint density at radius 3 is 3.00 bits per heavy atom. The molecule has 1 N–H and O–H groups in total. The van der Waals surface area contributed by atoms with Crippen LogP contribution in [0.4, 0.5) is 5.82 Å². The number of anilines is 1. The van der Waals surface area contributed by atoms with Gasteiger partial charge in [0.1, 0.15) is 11.8 Å². The van der Waals surface area contributed by atoms with E-state index in [1.54, 1.807) is 6.33 Å². The molecule has 2 heterocycles. The Bertz CT molecular complexity index is 828. The van der Waals surface area contributed by atoms with Gasteiger partial charge in [-0.25, -0.2) is 9.97 Å². The third kappa shape index (κ3) is 2.30. The minimum absolute atomic E-state index is 0.297. The Labute approximate surface area is 129 Å². The molecular weight excluding hydrogens is 272 g/mol. The summed E-state index contributed by atoms with van der Waals surface area (Å²) in [5.41, 5.74) is 5.67. The molecule has 4 heteroatoms. The summed E-state index contributed by atoms with van der Waals surface area (Å²) in [5, 5.41) is 3.59. The number of benzene rings is 1. The van der Waals surface area contributed by atoms with Gasteiger partial charge in [0.05, 0.1) is 11.6 Å². The minimum Gasteiger partial charge on any atom is -0.361 e. The van der Waals surface area contributed by atoms with Gasteiger partial charge in [-0.3, -0.25) is 4.98 Å². The van der Waals surface area contributed by atoms with Gasteiger partial charge < -0.3 is 5.32 Å². The number of pyridine rings is 1. The van der Waals surface area contributed by atoms with Crippen LogP contribution in [-0.2, 0) is 6.42 Å². The summed E-state index contributed by atoms with van der Waals surface area (Å²) in [4.78, 5) is 13.3. The molecule has 22 heavy (non-hydrogen) atoms. The lowest BCUT2D eigenvalue weighted by atomic mass is 9.88.